The Morgan fingerprint density at radius 2 is 1.29 bits per heavy atom. The van der Waals surface area contributed by atoms with Crippen LogP contribution >= 0.6 is 0 Å². The molecule has 1 aromatic rings. The number of benzene rings is 1. The van der Waals surface area contributed by atoms with Gasteiger partial charge in [-0.15, -0.1) is 0 Å². The summed E-state index contributed by atoms with van der Waals surface area (Å²) in [5, 5.41) is 0. The summed E-state index contributed by atoms with van der Waals surface area (Å²) in [6.45, 7) is 17.4. The van der Waals surface area contributed by atoms with E-state index in [-0.39, 0.29) is 30.4 Å². The van der Waals surface area contributed by atoms with Gasteiger partial charge < -0.3 is 29.4 Å². The van der Waals surface area contributed by atoms with Gasteiger partial charge in [-0.25, -0.2) is 4.79 Å². The van der Waals surface area contributed by atoms with Gasteiger partial charge in [-0.1, -0.05) is 19.9 Å². The molecule has 0 spiro atoms. The molecule has 0 heterocycles. The highest BCUT2D eigenvalue weighted by molar-refractivity contribution is 5.81. The Morgan fingerprint density at radius 3 is 1.79 bits per heavy atom. The molecule has 0 aromatic heterocycles. The number of hydrogen-bond acceptors (Lipinski definition) is 10. The number of esters is 3. The lowest BCUT2D eigenvalue weighted by Crippen LogP contribution is -2.39. The number of carbonyl (C=O) groups excluding carboxylic acids is 4. The van der Waals surface area contributed by atoms with E-state index < -0.39 is 53.1 Å². The van der Waals surface area contributed by atoms with Gasteiger partial charge in [0.2, 0.25) is 0 Å². The first-order valence-electron chi connectivity index (χ1n) is 12.7. The third-order valence-electron chi connectivity index (χ3n) is 5.18. The Hall–Kier alpha value is -3.14. The Morgan fingerprint density at radius 1 is 0.789 bits per heavy atom. The third kappa shape index (κ3) is 11.1. The molecule has 2 N–H and O–H groups in total. The van der Waals surface area contributed by atoms with E-state index in [2.05, 4.69) is 0 Å². The van der Waals surface area contributed by atoms with Crippen LogP contribution in [0.1, 0.15) is 74.8 Å². The summed E-state index contributed by atoms with van der Waals surface area (Å²) in [5.74, 6) is -1.47. The number of ether oxygens (including phenoxy) is 5. The lowest BCUT2D eigenvalue weighted by molar-refractivity contribution is -0.155. The highest BCUT2D eigenvalue weighted by Gasteiger charge is 2.29. The molecule has 214 valence electrons. The fraction of sp³-hybridized carbons (Fsp3) is 0.643. The summed E-state index contributed by atoms with van der Waals surface area (Å²) in [6, 6.07) is 3.55. The first kappa shape index (κ1) is 32.9. The van der Waals surface area contributed by atoms with Crippen LogP contribution in [0, 0.1) is 16.7 Å². The van der Waals surface area contributed by atoms with Gasteiger partial charge in [0, 0.05) is 0 Å². The van der Waals surface area contributed by atoms with Gasteiger partial charge in [-0.3, -0.25) is 14.4 Å². The van der Waals surface area contributed by atoms with Crippen LogP contribution in [0.3, 0.4) is 0 Å². The topological polar surface area (TPSA) is 140 Å². The van der Waals surface area contributed by atoms with Crippen LogP contribution in [-0.4, -0.2) is 48.9 Å². The minimum atomic E-state index is -1.06. The predicted octanol–water partition coefficient (Wildman–Crippen LogP) is 4.59. The van der Waals surface area contributed by atoms with Crippen molar-refractivity contribution in [3.05, 3.63) is 23.8 Å². The number of hydrogen-bond donors (Lipinski definition) is 1. The van der Waals surface area contributed by atoms with Gasteiger partial charge in [0.1, 0.15) is 18.2 Å². The van der Waals surface area contributed by atoms with E-state index in [1.807, 2.05) is 13.8 Å². The van der Waals surface area contributed by atoms with Gasteiger partial charge in [0.15, 0.2) is 11.5 Å². The summed E-state index contributed by atoms with van der Waals surface area (Å²) in [6.07, 6.45) is -2.33. The average molecular weight is 538 g/mol. The Labute approximate surface area is 225 Å². The third-order valence-corrected chi connectivity index (χ3v) is 5.18. The first-order chi connectivity index (χ1) is 17.3. The molecule has 0 aliphatic carbocycles. The van der Waals surface area contributed by atoms with Crippen LogP contribution in [0.25, 0.3) is 0 Å². The van der Waals surface area contributed by atoms with Crippen molar-refractivity contribution in [3.8, 4) is 11.5 Å². The van der Waals surface area contributed by atoms with Gasteiger partial charge in [-0.05, 0) is 85.4 Å². The van der Waals surface area contributed by atoms with Crippen LogP contribution < -0.4 is 15.2 Å². The molecule has 0 amide bonds. The maximum Gasteiger partial charge on any atom is 0.508 e. The second-order valence-corrected chi connectivity index (χ2v) is 11.8. The van der Waals surface area contributed by atoms with Crippen LogP contribution in [0.5, 0.6) is 11.5 Å². The van der Waals surface area contributed by atoms with E-state index >= 15 is 0 Å². The molecule has 10 heteroatoms. The quantitative estimate of drug-likeness (QED) is 0.333. The summed E-state index contributed by atoms with van der Waals surface area (Å²) >= 11 is 0. The van der Waals surface area contributed by atoms with Crippen molar-refractivity contribution in [1.82, 2.24) is 0 Å². The lowest BCUT2D eigenvalue weighted by atomic mass is 9.97. The molecule has 0 radical (unpaired) electrons. The highest BCUT2D eigenvalue weighted by atomic mass is 16.7. The molecule has 3 atom stereocenters. The molecule has 0 aliphatic rings. The molecule has 1 rings (SSSR count). The van der Waals surface area contributed by atoms with E-state index in [0.29, 0.717) is 5.56 Å². The molecule has 0 saturated carbocycles. The number of carbonyl (C=O) groups is 4. The Bertz CT molecular complexity index is 989. The van der Waals surface area contributed by atoms with Crippen molar-refractivity contribution < 1.29 is 42.9 Å². The normalized spacial score (nSPS) is 14.2. The van der Waals surface area contributed by atoms with Crippen molar-refractivity contribution in [3.63, 3.8) is 0 Å². The smallest absolute Gasteiger partial charge is 0.458 e. The summed E-state index contributed by atoms with van der Waals surface area (Å²) in [5.41, 5.74) is 5.04. The molecular formula is C28H43NO9. The first-order valence-corrected chi connectivity index (χ1v) is 12.7. The fourth-order valence-corrected chi connectivity index (χ4v) is 2.57. The van der Waals surface area contributed by atoms with E-state index in [4.69, 9.17) is 29.4 Å². The van der Waals surface area contributed by atoms with E-state index in [0.717, 1.165) is 0 Å². The zero-order valence-corrected chi connectivity index (χ0v) is 24.2. The fourth-order valence-electron chi connectivity index (χ4n) is 2.57. The molecule has 0 fully saturated rings. The molecule has 0 saturated heterocycles. The van der Waals surface area contributed by atoms with E-state index in [9.17, 15) is 19.2 Å². The monoisotopic (exact) mass is 537 g/mol. The van der Waals surface area contributed by atoms with E-state index in [1.54, 1.807) is 61.5 Å². The van der Waals surface area contributed by atoms with Crippen LogP contribution in [0.4, 0.5) is 4.79 Å². The molecular weight excluding hydrogens is 494 g/mol. The number of nitrogens with two attached hydrogens (primary N) is 1. The van der Waals surface area contributed by atoms with Gasteiger partial charge in [0.25, 0.3) is 0 Å². The van der Waals surface area contributed by atoms with E-state index in [1.165, 1.54) is 12.1 Å². The maximum absolute atomic E-state index is 12.6. The van der Waals surface area contributed by atoms with Gasteiger partial charge in [0.05, 0.1) is 17.4 Å². The summed E-state index contributed by atoms with van der Waals surface area (Å²) in [4.78, 5) is 49.3. The van der Waals surface area contributed by atoms with Gasteiger partial charge >= 0.3 is 24.1 Å². The lowest BCUT2D eigenvalue weighted by Gasteiger charge is -2.23. The molecule has 10 nitrogen and oxygen atoms in total. The summed E-state index contributed by atoms with van der Waals surface area (Å²) in [7, 11) is 0. The van der Waals surface area contributed by atoms with Crippen LogP contribution in [0.15, 0.2) is 18.2 Å². The minimum Gasteiger partial charge on any atom is -0.458 e. The largest absolute Gasteiger partial charge is 0.508 e. The SMILES string of the molecule is CC(C)COC(=O)O[C@@H](C)[C@H](C)OC(=O)[C@@H](N)Cc1ccc(OC(=O)C(C)(C)C)c(OC(=O)C(C)(C)C)c1. The van der Waals surface area contributed by atoms with Crippen molar-refractivity contribution in [2.75, 3.05) is 6.61 Å². The molecule has 0 unspecified atom stereocenters. The molecule has 38 heavy (non-hydrogen) atoms. The predicted molar refractivity (Wildman–Crippen MR) is 141 cm³/mol. The average Bonchev–Trinajstić information content (AvgIpc) is 2.77. The molecule has 1 aromatic carbocycles. The standard InChI is InChI=1S/C28H43NO9/c1-16(2)15-34-26(33)36-18(4)17(3)35-23(30)20(29)13-19-11-12-21(37-24(31)27(5,6)7)22(14-19)38-25(32)28(8,9)10/h11-12,14,16-18,20H,13,15,29H2,1-10H3/t17-,18-,20-/m0/s1. The van der Waals surface area contributed by atoms with Crippen molar-refractivity contribution >= 4 is 24.1 Å². The van der Waals surface area contributed by atoms with Crippen molar-refractivity contribution in [1.29, 1.82) is 0 Å². The maximum atomic E-state index is 12.6. The van der Waals surface area contributed by atoms with Gasteiger partial charge in [-0.2, -0.15) is 0 Å². The number of rotatable bonds is 10. The minimum absolute atomic E-state index is 0.0379. The van der Waals surface area contributed by atoms with Crippen LogP contribution in [0.2, 0.25) is 0 Å². The Kier molecular flexibility index (Phi) is 11.8. The van der Waals surface area contributed by atoms with Crippen molar-refractivity contribution in [2.45, 2.75) is 93.9 Å². The zero-order valence-electron chi connectivity index (χ0n) is 24.2. The van der Waals surface area contributed by atoms with Crippen LogP contribution in [-0.2, 0) is 35.0 Å². The second-order valence-electron chi connectivity index (χ2n) is 11.8. The zero-order chi connectivity index (χ0) is 29.4. The molecule has 0 aliphatic heterocycles. The summed E-state index contributed by atoms with van der Waals surface area (Å²) < 4.78 is 26.5. The highest BCUT2D eigenvalue weighted by Crippen LogP contribution is 2.33. The molecule has 0 bridgehead atoms. The Balaban J connectivity index is 2.95. The second kappa shape index (κ2) is 13.6. The van der Waals surface area contributed by atoms with Crippen molar-refractivity contribution in [2.24, 2.45) is 22.5 Å².